The lowest BCUT2D eigenvalue weighted by atomic mass is 10.1. The summed E-state index contributed by atoms with van der Waals surface area (Å²) in [7, 11) is 0. The van der Waals surface area contributed by atoms with Crippen molar-refractivity contribution in [2.24, 2.45) is 11.7 Å². The number of halogens is 1. The fourth-order valence-corrected chi connectivity index (χ4v) is 2.04. The monoisotopic (exact) mass is 238 g/mol. The molecular formula is C12H15FN2O2. The molecule has 1 saturated heterocycles. The number of carbonyl (C=O) groups excluding carboxylic acids is 1. The summed E-state index contributed by atoms with van der Waals surface area (Å²) in [6.07, 6.45) is 0.433. The predicted molar refractivity (Wildman–Crippen MR) is 61.8 cm³/mol. The van der Waals surface area contributed by atoms with E-state index in [0.29, 0.717) is 25.2 Å². The molecule has 92 valence electrons. The van der Waals surface area contributed by atoms with Crippen LogP contribution in [0.2, 0.25) is 0 Å². The van der Waals surface area contributed by atoms with Crippen LogP contribution in [0, 0.1) is 11.7 Å². The highest BCUT2D eigenvalue weighted by molar-refractivity contribution is 5.95. The molecule has 1 aliphatic heterocycles. The Morgan fingerprint density at radius 3 is 2.88 bits per heavy atom. The summed E-state index contributed by atoms with van der Waals surface area (Å²) in [6, 6.07) is 4.32. The zero-order valence-corrected chi connectivity index (χ0v) is 9.40. The van der Waals surface area contributed by atoms with Gasteiger partial charge in [0.2, 0.25) is 5.91 Å². The van der Waals surface area contributed by atoms with Crippen LogP contribution in [-0.2, 0) is 11.4 Å². The molecule has 1 fully saturated rings. The normalized spacial score (nSPS) is 20.1. The van der Waals surface area contributed by atoms with E-state index in [2.05, 4.69) is 0 Å². The highest BCUT2D eigenvalue weighted by Gasteiger charge is 2.29. The van der Waals surface area contributed by atoms with E-state index in [4.69, 9.17) is 10.8 Å². The first-order chi connectivity index (χ1) is 8.15. The molecule has 1 unspecified atom stereocenters. The largest absolute Gasteiger partial charge is 0.392 e. The summed E-state index contributed by atoms with van der Waals surface area (Å²) in [5.74, 6) is -0.306. The first-order valence-electron chi connectivity index (χ1n) is 5.55. The molecule has 2 rings (SSSR count). The minimum absolute atomic E-state index is 0.00375. The molecule has 1 atom stereocenters. The Labute approximate surface area is 98.8 Å². The molecule has 5 heteroatoms. The lowest BCUT2D eigenvalue weighted by Crippen LogP contribution is -2.25. The Kier molecular flexibility index (Phi) is 3.40. The molecule has 0 saturated carbocycles. The van der Waals surface area contributed by atoms with Gasteiger partial charge in [-0.1, -0.05) is 0 Å². The summed E-state index contributed by atoms with van der Waals surface area (Å²) >= 11 is 0. The number of aliphatic hydroxyl groups excluding tert-OH is 1. The number of amides is 1. The zero-order chi connectivity index (χ0) is 12.4. The van der Waals surface area contributed by atoms with Crippen molar-refractivity contribution in [3.63, 3.8) is 0 Å². The molecule has 0 bridgehead atoms. The van der Waals surface area contributed by atoms with Gasteiger partial charge in [-0.25, -0.2) is 4.39 Å². The third-order valence-electron chi connectivity index (χ3n) is 3.05. The van der Waals surface area contributed by atoms with Gasteiger partial charge in [0.15, 0.2) is 0 Å². The molecule has 0 radical (unpaired) electrons. The van der Waals surface area contributed by atoms with Crippen molar-refractivity contribution in [1.82, 2.24) is 0 Å². The third kappa shape index (κ3) is 2.30. The number of nitrogens with two attached hydrogens (primary N) is 1. The summed E-state index contributed by atoms with van der Waals surface area (Å²) in [6.45, 7) is 0.657. The Balaban J connectivity index is 2.26. The first-order valence-corrected chi connectivity index (χ1v) is 5.55. The average Bonchev–Trinajstić information content (AvgIpc) is 2.71. The predicted octanol–water partition coefficient (Wildman–Crippen LogP) is 0.630. The SMILES string of the molecule is NCC1CC(=O)N(c2ccc(F)c(CO)c2)C1. The maximum atomic E-state index is 13.2. The van der Waals surface area contributed by atoms with Crippen molar-refractivity contribution >= 4 is 11.6 Å². The number of anilines is 1. The smallest absolute Gasteiger partial charge is 0.227 e. The van der Waals surface area contributed by atoms with E-state index in [1.807, 2.05) is 0 Å². The lowest BCUT2D eigenvalue weighted by Gasteiger charge is -2.17. The second kappa shape index (κ2) is 4.81. The van der Waals surface area contributed by atoms with Crippen LogP contribution in [0.1, 0.15) is 12.0 Å². The minimum atomic E-state index is -0.460. The van der Waals surface area contributed by atoms with E-state index in [1.165, 1.54) is 12.1 Å². The molecule has 1 aromatic carbocycles. The van der Waals surface area contributed by atoms with Gasteiger partial charge in [0.25, 0.3) is 0 Å². The Morgan fingerprint density at radius 1 is 1.53 bits per heavy atom. The number of rotatable bonds is 3. The molecule has 4 nitrogen and oxygen atoms in total. The van der Waals surface area contributed by atoms with Crippen LogP contribution in [0.3, 0.4) is 0 Å². The van der Waals surface area contributed by atoms with Crippen LogP contribution in [0.15, 0.2) is 18.2 Å². The maximum Gasteiger partial charge on any atom is 0.227 e. The van der Waals surface area contributed by atoms with Crippen LogP contribution < -0.4 is 10.6 Å². The molecule has 0 spiro atoms. The Hall–Kier alpha value is -1.46. The highest BCUT2D eigenvalue weighted by atomic mass is 19.1. The van der Waals surface area contributed by atoms with Gasteiger partial charge in [0, 0.05) is 24.2 Å². The molecule has 0 aromatic heterocycles. The summed E-state index contributed by atoms with van der Waals surface area (Å²) < 4.78 is 13.2. The quantitative estimate of drug-likeness (QED) is 0.811. The lowest BCUT2D eigenvalue weighted by molar-refractivity contribution is -0.117. The van der Waals surface area contributed by atoms with Crippen LogP contribution in [0.4, 0.5) is 10.1 Å². The van der Waals surface area contributed by atoms with E-state index in [-0.39, 0.29) is 24.0 Å². The second-order valence-electron chi connectivity index (χ2n) is 4.24. The fourth-order valence-electron chi connectivity index (χ4n) is 2.04. The van der Waals surface area contributed by atoms with Crippen LogP contribution in [0.5, 0.6) is 0 Å². The second-order valence-corrected chi connectivity index (χ2v) is 4.24. The van der Waals surface area contributed by atoms with Crippen molar-refractivity contribution < 1.29 is 14.3 Å². The summed E-state index contributed by atoms with van der Waals surface area (Å²) in [5.41, 5.74) is 6.36. The van der Waals surface area contributed by atoms with Crippen LogP contribution in [0.25, 0.3) is 0 Å². The van der Waals surface area contributed by atoms with Crippen LogP contribution >= 0.6 is 0 Å². The van der Waals surface area contributed by atoms with E-state index in [9.17, 15) is 9.18 Å². The number of nitrogens with zero attached hydrogens (tertiary/aromatic N) is 1. The first kappa shape index (κ1) is 12.0. The third-order valence-corrected chi connectivity index (χ3v) is 3.05. The van der Waals surface area contributed by atoms with E-state index < -0.39 is 5.82 Å². The number of benzene rings is 1. The fraction of sp³-hybridized carbons (Fsp3) is 0.417. The average molecular weight is 238 g/mol. The van der Waals surface area contributed by atoms with Crippen LogP contribution in [-0.4, -0.2) is 24.1 Å². The minimum Gasteiger partial charge on any atom is -0.392 e. The van der Waals surface area contributed by atoms with Crippen molar-refractivity contribution in [3.05, 3.63) is 29.6 Å². The van der Waals surface area contributed by atoms with Gasteiger partial charge in [-0.2, -0.15) is 0 Å². The van der Waals surface area contributed by atoms with Gasteiger partial charge in [-0.15, -0.1) is 0 Å². The molecule has 1 aromatic rings. The van der Waals surface area contributed by atoms with Crippen molar-refractivity contribution in [2.45, 2.75) is 13.0 Å². The highest BCUT2D eigenvalue weighted by Crippen LogP contribution is 2.26. The van der Waals surface area contributed by atoms with E-state index in [0.717, 1.165) is 0 Å². The molecule has 0 aliphatic carbocycles. The van der Waals surface area contributed by atoms with Crippen molar-refractivity contribution in [2.75, 3.05) is 18.0 Å². The topological polar surface area (TPSA) is 66.6 Å². The van der Waals surface area contributed by atoms with Crippen molar-refractivity contribution in [3.8, 4) is 0 Å². The summed E-state index contributed by atoms with van der Waals surface area (Å²) in [5, 5.41) is 8.99. The summed E-state index contributed by atoms with van der Waals surface area (Å²) in [4.78, 5) is 13.3. The zero-order valence-electron chi connectivity index (χ0n) is 9.40. The Bertz CT molecular complexity index is 437. The van der Waals surface area contributed by atoms with Gasteiger partial charge >= 0.3 is 0 Å². The molecular weight excluding hydrogens is 223 g/mol. The van der Waals surface area contributed by atoms with Gasteiger partial charge in [-0.3, -0.25) is 4.79 Å². The van der Waals surface area contributed by atoms with Gasteiger partial charge in [-0.05, 0) is 30.7 Å². The number of aliphatic hydroxyl groups is 1. The van der Waals surface area contributed by atoms with Gasteiger partial charge in [0.05, 0.1) is 6.61 Å². The molecule has 1 heterocycles. The maximum absolute atomic E-state index is 13.2. The van der Waals surface area contributed by atoms with Crippen molar-refractivity contribution in [1.29, 1.82) is 0 Å². The van der Waals surface area contributed by atoms with Gasteiger partial charge < -0.3 is 15.7 Å². The molecule has 3 N–H and O–H groups in total. The van der Waals surface area contributed by atoms with E-state index >= 15 is 0 Å². The molecule has 1 aliphatic rings. The molecule has 1 amide bonds. The standard InChI is InChI=1S/C12H15FN2O2/c13-11-2-1-10(4-9(11)7-16)15-6-8(5-14)3-12(15)17/h1-2,4,8,16H,3,5-7,14H2. The van der Waals surface area contributed by atoms with E-state index in [1.54, 1.807) is 11.0 Å². The number of hydrogen-bond acceptors (Lipinski definition) is 3. The van der Waals surface area contributed by atoms with Gasteiger partial charge in [0.1, 0.15) is 5.82 Å². The number of hydrogen-bond donors (Lipinski definition) is 2. The molecule has 17 heavy (non-hydrogen) atoms. The number of carbonyl (C=O) groups is 1. The Morgan fingerprint density at radius 2 is 2.29 bits per heavy atom.